The lowest BCUT2D eigenvalue weighted by molar-refractivity contribution is -0.0318. The summed E-state index contributed by atoms with van der Waals surface area (Å²) < 4.78 is 18.1. The minimum absolute atomic E-state index is 0.0924. The summed E-state index contributed by atoms with van der Waals surface area (Å²) in [5.74, 6) is 0. The monoisotopic (exact) mass is 147 g/mol. The third-order valence-electron chi connectivity index (χ3n) is 1.93. The van der Waals surface area contributed by atoms with Crippen LogP contribution in [0.15, 0.2) is 0 Å². The largest absolute Gasteiger partial charge is 0.376 e. The Kier molecular flexibility index (Phi) is 2.63. The molecular formula is C7H14FNO. The fraction of sp³-hybridized carbons (Fsp3) is 1.00. The Labute approximate surface area is 60.5 Å². The van der Waals surface area contributed by atoms with Crippen LogP contribution in [-0.4, -0.2) is 24.9 Å². The Morgan fingerprint density at radius 2 is 2.40 bits per heavy atom. The van der Waals surface area contributed by atoms with E-state index in [9.17, 15) is 4.39 Å². The van der Waals surface area contributed by atoms with Crippen LogP contribution in [0.5, 0.6) is 0 Å². The normalized spacial score (nSPS) is 41.7. The topological polar surface area (TPSA) is 35.2 Å². The van der Waals surface area contributed by atoms with Crippen LogP contribution in [0, 0.1) is 0 Å². The maximum atomic E-state index is 12.8. The van der Waals surface area contributed by atoms with E-state index in [1.807, 2.05) is 6.92 Å². The van der Waals surface area contributed by atoms with Crippen molar-refractivity contribution in [2.75, 3.05) is 6.61 Å². The summed E-state index contributed by atoms with van der Waals surface area (Å²) in [7, 11) is 0. The molecule has 2 N–H and O–H groups in total. The Morgan fingerprint density at radius 1 is 1.70 bits per heavy atom. The second-order valence-electron chi connectivity index (χ2n) is 2.78. The van der Waals surface area contributed by atoms with Gasteiger partial charge in [0.05, 0.1) is 18.8 Å². The van der Waals surface area contributed by atoms with E-state index in [4.69, 9.17) is 10.5 Å². The minimum Gasteiger partial charge on any atom is -0.376 e. The number of nitrogens with two attached hydrogens (primary N) is 1. The zero-order valence-corrected chi connectivity index (χ0v) is 6.22. The molecule has 10 heavy (non-hydrogen) atoms. The van der Waals surface area contributed by atoms with Crippen molar-refractivity contribution in [3.05, 3.63) is 0 Å². The van der Waals surface area contributed by atoms with Crippen LogP contribution in [0.4, 0.5) is 4.39 Å². The average Bonchev–Trinajstić information content (AvgIpc) is 1.95. The molecule has 0 bridgehead atoms. The van der Waals surface area contributed by atoms with Crippen molar-refractivity contribution in [3.8, 4) is 0 Å². The van der Waals surface area contributed by atoms with Gasteiger partial charge in [0.1, 0.15) is 6.17 Å². The van der Waals surface area contributed by atoms with Gasteiger partial charge in [-0.15, -0.1) is 0 Å². The molecule has 1 rings (SSSR count). The number of hydrogen-bond donors (Lipinski definition) is 1. The third-order valence-corrected chi connectivity index (χ3v) is 1.93. The molecule has 1 saturated heterocycles. The van der Waals surface area contributed by atoms with E-state index < -0.39 is 12.2 Å². The second kappa shape index (κ2) is 3.30. The number of halogens is 1. The Balaban J connectivity index is 2.33. The average molecular weight is 147 g/mol. The van der Waals surface area contributed by atoms with Gasteiger partial charge < -0.3 is 10.5 Å². The molecule has 0 aromatic carbocycles. The number of rotatable bonds is 1. The van der Waals surface area contributed by atoms with E-state index in [1.54, 1.807) is 0 Å². The van der Waals surface area contributed by atoms with Crippen molar-refractivity contribution >= 4 is 0 Å². The van der Waals surface area contributed by atoms with Crippen molar-refractivity contribution in [2.45, 2.75) is 38.1 Å². The molecule has 1 fully saturated rings. The lowest BCUT2D eigenvalue weighted by Gasteiger charge is -2.28. The first kappa shape index (κ1) is 7.95. The lowest BCUT2D eigenvalue weighted by Crippen LogP contribution is -2.44. The molecule has 0 unspecified atom stereocenters. The second-order valence-corrected chi connectivity index (χ2v) is 2.78. The van der Waals surface area contributed by atoms with Crippen LogP contribution >= 0.6 is 0 Å². The zero-order chi connectivity index (χ0) is 7.56. The Morgan fingerprint density at radius 3 is 2.90 bits per heavy atom. The quantitative estimate of drug-likeness (QED) is 0.596. The number of alkyl halides is 1. The molecule has 1 heterocycles. The van der Waals surface area contributed by atoms with Crippen molar-refractivity contribution in [1.29, 1.82) is 0 Å². The highest BCUT2D eigenvalue weighted by molar-refractivity contribution is 4.80. The van der Waals surface area contributed by atoms with Crippen LogP contribution in [0.25, 0.3) is 0 Å². The maximum absolute atomic E-state index is 12.8. The van der Waals surface area contributed by atoms with Crippen LogP contribution in [0.1, 0.15) is 19.8 Å². The SMILES string of the molecule is CC[C@@H]1C[C@@H](F)[C@@H](N)CO1. The van der Waals surface area contributed by atoms with Gasteiger partial charge in [-0.3, -0.25) is 0 Å². The van der Waals surface area contributed by atoms with Crippen molar-refractivity contribution in [1.82, 2.24) is 0 Å². The summed E-state index contributed by atoms with van der Waals surface area (Å²) in [6.07, 6.45) is 0.582. The summed E-state index contributed by atoms with van der Waals surface area (Å²) in [5.41, 5.74) is 5.40. The van der Waals surface area contributed by atoms with Crippen molar-refractivity contribution in [3.63, 3.8) is 0 Å². The first-order valence-corrected chi connectivity index (χ1v) is 3.75. The molecule has 1 aliphatic heterocycles. The lowest BCUT2D eigenvalue weighted by atomic mass is 10.0. The Hall–Kier alpha value is -0.150. The number of ether oxygens (including phenoxy) is 1. The highest BCUT2D eigenvalue weighted by Gasteiger charge is 2.27. The summed E-state index contributed by atoms with van der Waals surface area (Å²) in [4.78, 5) is 0. The van der Waals surface area contributed by atoms with Gasteiger partial charge >= 0.3 is 0 Å². The first-order chi connectivity index (χ1) is 4.74. The molecule has 0 aliphatic carbocycles. The molecule has 0 spiro atoms. The summed E-state index contributed by atoms with van der Waals surface area (Å²) in [6.45, 7) is 2.37. The highest BCUT2D eigenvalue weighted by atomic mass is 19.1. The summed E-state index contributed by atoms with van der Waals surface area (Å²) in [5, 5.41) is 0. The predicted octanol–water partition coefficient (Wildman–Crippen LogP) is 0.851. The predicted molar refractivity (Wildman–Crippen MR) is 37.5 cm³/mol. The van der Waals surface area contributed by atoms with Gasteiger partial charge in [-0.05, 0) is 6.42 Å². The van der Waals surface area contributed by atoms with Crippen LogP contribution < -0.4 is 5.73 Å². The standard InChI is InChI=1S/C7H14FNO/c1-2-5-3-6(8)7(9)4-10-5/h5-7H,2-4,9H2,1H3/t5-,6-,7+/m1/s1. The molecule has 2 nitrogen and oxygen atoms in total. The van der Waals surface area contributed by atoms with E-state index in [0.717, 1.165) is 6.42 Å². The molecule has 0 radical (unpaired) electrons. The molecule has 3 atom stereocenters. The Bertz CT molecular complexity index is 110. The van der Waals surface area contributed by atoms with Gasteiger partial charge in [-0.2, -0.15) is 0 Å². The minimum atomic E-state index is -0.862. The van der Waals surface area contributed by atoms with Crippen molar-refractivity contribution < 1.29 is 9.13 Å². The van der Waals surface area contributed by atoms with E-state index >= 15 is 0 Å². The van der Waals surface area contributed by atoms with E-state index in [0.29, 0.717) is 13.0 Å². The van der Waals surface area contributed by atoms with Crippen LogP contribution in [0.2, 0.25) is 0 Å². The molecule has 0 saturated carbocycles. The van der Waals surface area contributed by atoms with Gasteiger partial charge in [-0.25, -0.2) is 4.39 Å². The van der Waals surface area contributed by atoms with Crippen LogP contribution in [0.3, 0.4) is 0 Å². The molecule has 60 valence electrons. The zero-order valence-electron chi connectivity index (χ0n) is 6.22. The summed E-state index contributed by atoms with van der Waals surface area (Å²) in [6, 6.07) is -0.400. The third kappa shape index (κ3) is 1.67. The smallest absolute Gasteiger partial charge is 0.120 e. The molecule has 0 amide bonds. The van der Waals surface area contributed by atoms with Crippen LogP contribution in [-0.2, 0) is 4.74 Å². The summed E-state index contributed by atoms with van der Waals surface area (Å²) >= 11 is 0. The van der Waals surface area contributed by atoms with Gasteiger partial charge in [0.2, 0.25) is 0 Å². The number of hydrogen-bond acceptors (Lipinski definition) is 2. The maximum Gasteiger partial charge on any atom is 0.120 e. The molecular weight excluding hydrogens is 133 g/mol. The van der Waals surface area contributed by atoms with E-state index in [1.165, 1.54) is 0 Å². The van der Waals surface area contributed by atoms with E-state index in [2.05, 4.69) is 0 Å². The van der Waals surface area contributed by atoms with Gasteiger partial charge in [0.15, 0.2) is 0 Å². The fourth-order valence-electron chi connectivity index (χ4n) is 1.13. The first-order valence-electron chi connectivity index (χ1n) is 3.75. The van der Waals surface area contributed by atoms with Gasteiger partial charge in [0.25, 0.3) is 0 Å². The fourth-order valence-corrected chi connectivity index (χ4v) is 1.13. The molecule has 0 aromatic rings. The molecule has 3 heteroatoms. The highest BCUT2D eigenvalue weighted by Crippen LogP contribution is 2.17. The molecule has 1 aliphatic rings. The van der Waals surface area contributed by atoms with Gasteiger partial charge in [-0.1, -0.05) is 6.92 Å². The van der Waals surface area contributed by atoms with E-state index in [-0.39, 0.29) is 6.10 Å². The van der Waals surface area contributed by atoms with Crippen molar-refractivity contribution in [2.24, 2.45) is 5.73 Å². The molecule has 0 aromatic heterocycles. The van der Waals surface area contributed by atoms with Gasteiger partial charge in [0, 0.05) is 6.42 Å².